The molecule has 1 aliphatic rings. The standard InChI is InChI=1S/C17H25N3O3/c1-4-23-17(22)20-11-5-10-19(12-13-20)16(21)14-6-8-15(9-7-14)18(2)3/h6-9H,4-5,10-13H2,1-3H3. The number of benzene rings is 1. The molecule has 0 aliphatic carbocycles. The smallest absolute Gasteiger partial charge is 0.409 e. The Morgan fingerprint density at radius 2 is 1.65 bits per heavy atom. The Hall–Kier alpha value is -2.24. The highest BCUT2D eigenvalue weighted by Crippen LogP contribution is 2.15. The Bertz CT molecular complexity index is 543. The lowest BCUT2D eigenvalue weighted by Crippen LogP contribution is -2.37. The molecule has 0 radical (unpaired) electrons. The number of carbonyl (C=O) groups excluding carboxylic acids is 2. The predicted octanol–water partition coefficient (Wildman–Crippen LogP) is 2.06. The Kier molecular flexibility index (Phi) is 5.84. The Labute approximate surface area is 137 Å². The van der Waals surface area contributed by atoms with Gasteiger partial charge in [-0.3, -0.25) is 4.79 Å². The van der Waals surface area contributed by atoms with E-state index < -0.39 is 0 Å². The van der Waals surface area contributed by atoms with Crippen molar-refractivity contribution < 1.29 is 14.3 Å². The summed E-state index contributed by atoms with van der Waals surface area (Å²) in [6.45, 7) is 4.50. The molecule has 1 saturated heterocycles. The highest BCUT2D eigenvalue weighted by Gasteiger charge is 2.23. The quantitative estimate of drug-likeness (QED) is 0.856. The van der Waals surface area contributed by atoms with E-state index in [1.165, 1.54) is 0 Å². The number of hydrogen-bond acceptors (Lipinski definition) is 4. The second-order valence-electron chi connectivity index (χ2n) is 5.77. The molecule has 1 aromatic rings. The van der Waals surface area contributed by atoms with Crippen molar-refractivity contribution in [3.63, 3.8) is 0 Å². The highest BCUT2D eigenvalue weighted by atomic mass is 16.6. The summed E-state index contributed by atoms with van der Waals surface area (Å²) in [6.07, 6.45) is 0.470. The van der Waals surface area contributed by atoms with Crippen molar-refractivity contribution in [2.45, 2.75) is 13.3 Å². The molecule has 1 aliphatic heterocycles. The molecule has 6 heteroatoms. The first-order valence-electron chi connectivity index (χ1n) is 8.01. The van der Waals surface area contributed by atoms with Crippen molar-refractivity contribution in [3.05, 3.63) is 29.8 Å². The van der Waals surface area contributed by atoms with Crippen molar-refractivity contribution >= 4 is 17.7 Å². The Balaban J connectivity index is 1.98. The molecule has 0 saturated carbocycles. The van der Waals surface area contributed by atoms with Crippen LogP contribution in [0.5, 0.6) is 0 Å². The van der Waals surface area contributed by atoms with Gasteiger partial charge in [0.2, 0.25) is 0 Å². The minimum atomic E-state index is -0.294. The molecule has 1 fully saturated rings. The summed E-state index contributed by atoms with van der Waals surface area (Å²) in [5.41, 5.74) is 1.74. The molecule has 126 valence electrons. The second kappa shape index (κ2) is 7.85. The minimum absolute atomic E-state index is 0.0148. The van der Waals surface area contributed by atoms with Gasteiger partial charge in [-0.1, -0.05) is 0 Å². The number of anilines is 1. The maximum absolute atomic E-state index is 12.6. The molecule has 23 heavy (non-hydrogen) atoms. The van der Waals surface area contributed by atoms with E-state index in [4.69, 9.17) is 4.74 Å². The van der Waals surface area contributed by atoms with Crippen LogP contribution < -0.4 is 4.90 Å². The van der Waals surface area contributed by atoms with Gasteiger partial charge in [0.25, 0.3) is 5.91 Å². The first kappa shape index (κ1) is 17.1. The average Bonchev–Trinajstić information content (AvgIpc) is 2.80. The van der Waals surface area contributed by atoms with Gasteiger partial charge >= 0.3 is 6.09 Å². The van der Waals surface area contributed by atoms with Crippen LogP contribution in [0.2, 0.25) is 0 Å². The van der Waals surface area contributed by atoms with E-state index in [9.17, 15) is 9.59 Å². The van der Waals surface area contributed by atoms with Gasteiger partial charge < -0.3 is 19.4 Å². The van der Waals surface area contributed by atoms with Gasteiger partial charge in [0.1, 0.15) is 0 Å². The van der Waals surface area contributed by atoms with E-state index in [1.807, 2.05) is 48.2 Å². The number of carbonyl (C=O) groups is 2. The molecule has 1 heterocycles. The lowest BCUT2D eigenvalue weighted by molar-refractivity contribution is 0.0753. The summed E-state index contributed by atoms with van der Waals surface area (Å²) < 4.78 is 5.03. The fraction of sp³-hybridized carbons (Fsp3) is 0.529. The highest BCUT2D eigenvalue weighted by molar-refractivity contribution is 5.94. The number of nitrogens with zero attached hydrogens (tertiary/aromatic N) is 3. The molecule has 1 aromatic carbocycles. The van der Waals surface area contributed by atoms with Crippen LogP contribution in [-0.2, 0) is 4.74 Å². The molecule has 0 bridgehead atoms. The van der Waals surface area contributed by atoms with Crippen molar-refractivity contribution in [3.8, 4) is 0 Å². The van der Waals surface area contributed by atoms with Crippen LogP contribution in [0.1, 0.15) is 23.7 Å². The molecule has 0 unspecified atom stereocenters. The zero-order valence-electron chi connectivity index (χ0n) is 14.1. The van der Waals surface area contributed by atoms with E-state index >= 15 is 0 Å². The van der Waals surface area contributed by atoms with Crippen LogP contribution in [0.3, 0.4) is 0 Å². The normalized spacial score (nSPS) is 15.1. The second-order valence-corrected chi connectivity index (χ2v) is 5.77. The summed E-state index contributed by atoms with van der Waals surface area (Å²) >= 11 is 0. The van der Waals surface area contributed by atoms with Crippen molar-refractivity contribution in [1.82, 2.24) is 9.80 Å². The largest absolute Gasteiger partial charge is 0.450 e. The van der Waals surface area contributed by atoms with E-state index in [-0.39, 0.29) is 12.0 Å². The van der Waals surface area contributed by atoms with Crippen molar-refractivity contribution in [2.75, 3.05) is 51.8 Å². The summed E-state index contributed by atoms with van der Waals surface area (Å²) in [4.78, 5) is 29.9. The predicted molar refractivity (Wildman–Crippen MR) is 89.9 cm³/mol. The summed E-state index contributed by atoms with van der Waals surface area (Å²) in [7, 11) is 3.94. The van der Waals surface area contributed by atoms with Gasteiger partial charge in [0, 0.05) is 51.5 Å². The Morgan fingerprint density at radius 3 is 2.26 bits per heavy atom. The van der Waals surface area contributed by atoms with E-state index in [1.54, 1.807) is 11.8 Å². The number of rotatable bonds is 3. The lowest BCUT2D eigenvalue weighted by Gasteiger charge is -2.22. The summed E-state index contributed by atoms with van der Waals surface area (Å²) in [6, 6.07) is 7.59. The van der Waals surface area contributed by atoms with Crippen molar-refractivity contribution in [1.29, 1.82) is 0 Å². The third-order valence-corrected chi connectivity index (χ3v) is 3.94. The molecule has 2 rings (SSSR count). The van der Waals surface area contributed by atoms with Gasteiger partial charge in [-0.25, -0.2) is 4.79 Å². The molecule has 0 N–H and O–H groups in total. The van der Waals surface area contributed by atoms with Gasteiger partial charge in [-0.05, 0) is 37.6 Å². The van der Waals surface area contributed by atoms with Gasteiger partial charge in [-0.15, -0.1) is 0 Å². The number of ether oxygens (including phenoxy) is 1. The zero-order chi connectivity index (χ0) is 16.8. The average molecular weight is 319 g/mol. The van der Waals surface area contributed by atoms with Crippen LogP contribution in [-0.4, -0.2) is 68.7 Å². The fourth-order valence-electron chi connectivity index (χ4n) is 2.60. The van der Waals surface area contributed by atoms with Gasteiger partial charge in [0.05, 0.1) is 6.61 Å². The van der Waals surface area contributed by atoms with Crippen LogP contribution in [0.4, 0.5) is 10.5 Å². The van der Waals surface area contributed by atoms with Crippen LogP contribution in [0, 0.1) is 0 Å². The van der Waals surface area contributed by atoms with E-state index in [0.29, 0.717) is 38.3 Å². The van der Waals surface area contributed by atoms with E-state index in [2.05, 4.69) is 0 Å². The zero-order valence-corrected chi connectivity index (χ0v) is 14.1. The maximum Gasteiger partial charge on any atom is 0.409 e. The molecule has 0 spiro atoms. The lowest BCUT2D eigenvalue weighted by atomic mass is 10.1. The fourth-order valence-corrected chi connectivity index (χ4v) is 2.60. The SMILES string of the molecule is CCOC(=O)N1CCCN(C(=O)c2ccc(N(C)C)cc2)CC1. The topological polar surface area (TPSA) is 53.1 Å². The van der Waals surface area contributed by atoms with Crippen LogP contribution in [0.15, 0.2) is 24.3 Å². The Morgan fingerprint density at radius 1 is 1.04 bits per heavy atom. The minimum Gasteiger partial charge on any atom is -0.450 e. The van der Waals surface area contributed by atoms with Crippen molar-refractivity contribution in [2.24, 2.45) is 0 Å². The van der Waals surface area contributed by atoms with Crippen LogP contribution in [0.25, 0.3) is 0 Å². The molecule has 2 amide bonds. The first-order valence-corrected chi connectivity index (χ1v) is 8.01. The molecular formula is C17H25N3O3. The van der Waals surface area contributed by atoms with Gasteiger partial charge in [-0.2, -0.15) is 0 Å². The van der Waals surface area contributed by atoms with Crippen LogP contribution >= 0.6 is 0 Å². The monoisotopic (exact) mass is 319 g/mol. The molecule has 0 aromatic heterocycles. The molecular weight excluding hydrogens is 294 g/mol. The maximum atomic E-state index is 12.6. The summed E-state index contributed by atoms with van der Waals surface area (Å²) in [5.74, 6) is 0.0148. The summed E-state index contributed by atoms with van der Waals surface area (Å²) in [5, 5.41) is 0. The molecule has 6 nitrogen and oxygen atoms in total. The third kappa shape index (κ3) is 4.37. The van der Waals surface area contributed by atoms with E-state index in [0.717, 1.165) is 12.1 Å². The van der Waals surface area contributed by atoms with Gasteiger partial charge in [0.15, 0.2) is 0 Å². The molecule has 0 atom stereocenters. The number of amides is 2. The first-order chi connectivity index (χ1) is 11.0. The third-order valence-electron chi connectivity index (χ3n) is 3.94. The number of hydrogen-bond donors (Lipinski definition) is 0.